The van der Waals surface area contributed by atoms with Crippen LogP contribution in [0.15, 0.2) is 24.3 Å². The molecule has 0 fully saturated rings. The molecule has 0 radical (unpaired) electrons. The molecule has 0 bridgehead atoms. The summed E-state index contributed by atoms with van der Waals surface area (Å²) in [4.78, 5) is 0. The van der Waals surface area contributed by atoms with Crippen molar-refractivity contribution in [2.45, 2.75) is 11.7 Å². The molecule has 0 aliphatic heterocycles. The Balaban J connectivity index is 2.73. The van der Waals surface area contributed by atoms with Gasteiger partial charge in [0, 0.05) is 0 Å². The predicted octanol–water partition coefficient (Wildman–Crippen LogP) is 3.20. The van der Waals surface area contributed by atoms with Gasteiger partial charge in [-0.15, -0.1) is 0 Å². The maximum absolute atomic E-state index is 12.7. The fraction of sp³-hybridized carbons (Fsp3) is 0.333. The Labute approximate surface area is 89.6 Å². The molecule has 1 aromatic carbocycles. The second-order valence-corrected chi connectivity index (χ2v) is 3.02. The molecule has 0 aliphatic rings. The van der Waals surface area contributed by atoms with Gasteiger partial charge in [-0.3, -0.25) is 0 Å². The summed E-state index contributed by atoms with van der Waals surface area (Å²) in [5.41, 5.74) is -2.89. The SMILES string of the molecule is COc1ccc(OC(F)(F)C(F)Cl)cc1. The molecule has 1 aromatic rings. The van der Waals surface area contributed by atoms with E-state index in [-0.39, 0.29) is 5.75 Å². The first kappa shape index (κ1) is 12.0. The number of rotatable bonds is 4. The van der Waals surface area contributed by atoms with Crippen molar-refractivity contribution >= 4 is 11.6 Å². The fourth-order valence-corrected chi connectivity index (χ4v) is 0.890. The summed E-state index contributed by atoms with van der Waals surface area (Å²) < 4.78 is 46.4. The van der Waals surface area contributed by atoms with Gasteiger partial charge in [-0.1, -0.05) is 11.6 Å². The summed E-state index contributed by atoms with van der Waals surface area (Å²) in [6.07, 6.45) is -4.05. The van der Waals surface area contributed by atoms with Crippen LogP contribution in [0.4, 0.5) is 13.2 Å². The minimum Gasteiger partial charge on any atom is -0.497 e. The molecule has 0 aromatic heterocycles. The molecule has 0 N–H and O–H groups in total. The lowest BCUT2D eigenvalue weighted by Crippen LogP contribution is -2.32. The molecule has 84 valence electrons. The van der Waals surface area contributed by atoms with Gasteiger partial charge >= 0.3 is 6.11 Å². The molecule has 2 nitrogen and oxygen atoms in total. The second-order valence-electron chi connectivity index (χ2n) is 2.64. The number of ether oxygens (including phenoxy) is 2. The van der Waals surface area contributed by atoms with Crippen LogP contribution in [0.25, 0.3) is 0 Å². The van der Waals surface area contributed by atoms with Crippen molar-refractivity contribution in [3.8, 4) is 11.5 Å². The van der Waals surface area contributed by atoms with Gasteiger partial charge in [-0.05, 0) is 24.3 Å². The minimum absolute atomic E-state index is 0.191. The first-order chi connectivity index (χ1) is 6.95. The molecule has 0 heterocycles. The molecule has 15 heavy (non-hydrogen) atoms. The summed E-state index contributed by atoms with van der Waals surface area (Å²) in [6.45, 7) is 0. The molecule has 0 spiro atoms. The molecule has 1 atom stereocenters. The highest BCUT2D eigenvalue weighted by Gasteiger charge is 2.42. The van der Waals surface area contributed by atoms with Crippen LogP contribution in [0.5, 0.6) is 11.5 Å². The third-order valence-corrected chi connectivity index (χ3v) is 1.82. The number of alkyl halides is 4. The van der Waals surface area contributed by atoms with Crippen molar-refractivity contribution in [2.75, 3.05) is 7.11 Å². The molecule has 6 heteroatoms. The zero-order valence-corrected chi connectivity index (χ0v) is 8.47. The Bertz CT molecular complexity index is 314. The van der Waals surface area contributed by atoms with Crippen LogP contribution in [0.1, 0.15) is 0 Å². The molecular weight excluding hydrogens is 233 g/mol. The summed E-state index contributed by atoms with van der Waals surface area (Å²) in [5, 5.41) is 0. The van der Waals surface area contributed by atoms with Gasteiger partial charge in [0.1, 0.15) is 11.5 Å². The summed E-state index contributed by atoms with van der Waals surface area (Å²) in [6, 6.07) is 5.28. The highest BCUT2D eigenvalue weighted by atomic mass is 35.5. The van der Waals surface area contributed by atoms with E-state index < -0.39 is 11.7 Å². The van der Waals surface area contributed by atoms with E-state index in [1.807, 2.05) is 0 Å². The largest absolute Gasteiger partial charge is 0.497 e. The number of hydrogen-bond donors (Lipinski definition) is 0. The van der Waals surface area contributed by atoms with Crippen LogP contribution in [0.3, 0.4) is 0 Å². The summed E-state index contributed by atoms with van der Waals surface area (Å²) in [5.74, 6) is 0.289. The summed E-state index contributed by atoms with van der Waals surface area (Å²) in [7, 11) is 1.43. The van der Waals surface area contributed by atoms with Gasteiger partial charge in [-0.2, -0.15) is 8.78 Å². The minimum atomic E-state index is -4.05. The van der Waals surface area contributed by atoms with Crippen molar-refractivity contribution in [1.82, 2.24) is 0 Å². The highest BCUT2D eigenvalue weighted by Crippen LogP contribution is 2.29. The third kappa shape index (κ3) is 3.20. The van der Waals surface area contributed by atoms with E-state index in [9.17, 15) is 13.2 Å². The van der Waals surface area contributed by atoms with Gasteiger partial charge in [0.05, 0.1) is 7.11 Å². The topological polar surface area (TPSA) is 18.5 Å². The lowest BCUT2D eigenvalue weighted by Gasteiger charge is -2.17. The van der Waals surface area contributed by atoms with Gasteiger partial charge in [0.2, 0.25) is 0 Å². The zero-order chi connectivity index (χ0) is 11.5. The maximum atomic E-state index is 12.7. The molecule has 1 rings (SSSR count). The Morgan fingerprint density at radius 2 is 1.67 bits per heavy atom. The quantitative estimate of drug-likeness (QED) is 0.753. The first-order valence-corrected chi connectivity index (χ1v) is 4.38. The number of methoxy groups -OCH3 is 1. The highest BCUT2D eigenvalue weighted by molar-refractivity contribution is 6.20. The van der Waals surface area contributed by atoms with Crippen molar-refractivity contribution in [3.05, 3.63) is 24.3 Å². The molecule has 0 amide bonds. The summed E-state index contributed by atoms with van der Waals surface area (Å²) >= 11 is 4.61. The molecule has 0 aliphatic carbocycles. The predicted molar refractivity (Wildman–Crippen MR) is 49.3 cm³/mol. The second kappa shape index (κ2) is 4.61. The van der Waals surface area contributed by atoms with E-state index in [1.165, 1.54) is 31.4 Å². The number of hydrogen-bond acceptors (Lipinski definition) is 2. The van der Waals surface area contributed by atoms with Crippen LogP contribution in [-0.4, -0.2) is 18.8 Å². The van der Waals surface area contributed by atoms with Crippen molar-refractivity contribution < 1.29 is 22.6 Å². The third-order valence-electron chi connectivity index (χ3n) is 1.57. The zero-order valence-electron chi connectivity index (χ0n) is 7.72. The van der Waals surface area contributed by atoms with Gasteiger partial charge in [0.15, 0.2) is 0 Å². The Kier molecular flexibility index (Phi) is 3.68. The lowest BCUT2D eigenvalue weighted by atomic mass is 10.3. The smallest absolute Gasteiger partial charge is 0.444 e. The van der Waals surface area contributed by atoms with Gasteiger partial charge in [-0.25, -0.2) is 4.39 Å². The average molecular weight is 241 g/mol. The van der Waals surface area contributed by atoms with Crippen LogP contribution in [0.2, 0.25) is 0 Å². The Morgan fingerprint density at radius 3 is 2.07 bits per heavy atom. The number of benzene rings is 1. The standard InChI is InChI=1S/C9H8ClF3O2/c1-14-6-2-4-7(5-3-6)15-9(12,13)8(10)11/h2-5,8H,1H3. The van der Waals surface area contributed by atoms with Crippen molar-refractivity contribution in [3.63, 3.8) is 0 Å². The first-order valence-electron chi connectivity index (χ1n) is 3.95. The normalized spacial score (nSPS) is 13.4. The van der Waals surface area contributed by atoms with E-state index in [0.717, 1.165) is 0 Å². The Hall–Kier alpha value is -1.10. The van der Waals surface area contributed by atoms with E-state index >= 15 is 0 Å². The van der Waals surface area contributed by atoms with Crippen LogP contribution >= 0.6 is 11.6 Å². The van der Waals surface area contributed by atoms with Crippen LogP contribution in [-0.2, 0) is 0 Å². The molecule has 0 saturated carbocycles. The van der Waals surface area contributed by atoms with Crippen LogP contribution < -0.4 is 9.47 Å². The van der Waals surface area contributed by atoms with Gasteiger partial charge < -0.3 is 9.47 Å². The fourth-order valence-electron chi connectivity index (χ4n) is 0.845. The van der Waals surface area contributed by atoms with Crippen molar-refractivity contribution in [2.24, 2.45) is 0 Å². The molecule has 0 saturated heterocycles. The van der Waals surface area contributed by atoms with Crippen LogP contribution in [0, 0.1) is 0 Å². The van der Waals surface area contributed by atoms with E-state index in [2.05, 4.69) is 16.3 Å². The Morgan fingerprint density at radius 1 is 1.20 bits per heavy atom. The molecule has 1 unspecified atom stereocenters. The van der Waals surface area contributed by atoms with E-state index in [1.54, 1.807) is 0 Å². The lowest BCUT2D eigenvalue weighted by molar-refractivity contribution is -0.199. The number of halogens is 4. The monoisotopic (exact) mass is 240 g/mol. The average Bonchev–Trinajstić information content (AvgIpc) is 2.18. The van der Waals surface area contributed by atoms with Crippen molar-refractivity contribution in [1.29, 1.82) is 0 Å². The van der Waals surface area contributed by atoms with E-state index in [0.29, 0.717) is 5.75 Å². The molecular formula is C9H8ClF3O2. The maximum Gasteiger partial charge on any atom is 0.444 e. The van der Waals surface area contributed by atoms with E-state index in [4.69, 9.17) is 4.74 Å². The van der Waals surface area contributed by atoms with Gasteiger partial charge in [0.25, 0.3) is 5.63 Å².